The van der Waals surface area contributed by atoms with Crippen molar-refractivity contribution in [2.45, 2.75) is 18.9 Å². The number of hydrogen-bond acceptors (Lipinski definition) is 7. The van der Waals surface area contributed by atoms with Crippen molar-refractivity contribution < 1.29 is 8.63 Å². The summed E-state index contributed by atoms with van der Waals surface area (Å²) in [7, 11) is -2.13. The molecule has 0 aliphatic carbocycles. The molecule has 0 saturated carbocycles. The van der Waals surface area contributed by atoms with Gasteiger partial charge in [0.05, 0.1) is 17.2 Å². The highest BCUT2D eigenvalue weighted by atomic mass is 32.2. The van der Waals surface area contributed by atoms with Crippen LogP contribution in [0.5, 0.6) is 0 Å². The molecule has 1 unspecified atom stereocenters. The predicted molar refractivity (Wildman–Crippen MR) is 126 cm³/mol. The Bertz CT molecular complexity index is 1370. The minimum atomic E-state index is -2.13. The number of nitrogens with two attached hydrogens (primary N) is 1. The molecular weight excluding hydrogens is 412 g/mol. The van der Waals surface area contributed by atoms with E-state index in [1.807, 2.05) is 40.7 Å². The molecule has 160 valence electrons. The number of nitrogens with one attached hydrogen (secondary N) is 1. The largest absolute Gasteiger partial charge is 0.424 e. The Kier molecular flexibility index (Phi) is 4.79. The highest BCUT2D eigenvalue weighted by molar-refractivity contribution is 7.97. The maximum absolute atomic E-state index is 12.1. The summed E-state index contributed by atoms with van der Waals surface area (Å²) in [6.07, 6.45) is 5.24. The van der Waals surface area contributed by atoms with Crippen LogP contribution < -0.4 is 11.1 Å². The van der Waals surface area contributed by atoms with E-state index >= 15 is 0 Å². The lowest BCUT2D eigenvalue weighted by Gasteiger charge is -2.33. The van der Waals surface area contributed by atoms with E-state index in [1.54, 1.807) is 12.5 Å². The van der Waals surface area contributed by atoms with Crippen LogP contribution in [0.2, 0.25) is 0 Å². The summed E-state index contributed by atoms with van der Waals surface area (Å²) in [5.74, 6) is 4.53. The lowest BCUT2D eigenvalue weighted by Crippen LogP contribution is -2.41. The Morgan fingerprint density at radius 1 is 1.10 bits per heavy atom. The van der Waals surface area contributed by atoms with Gasteiger partial charge in [0, 0.05) is 35.1 Å². The molecule has 1 atom stereocenters. The van der Waals surface area contributed by atoms with Gasteiger partial charge in [-0.05, 0) is 54.1 Å². The number of oxazole rings is 1. The van der Waals surface area contributed by atoms with Crippen LogP contribution in [-0.4, -0.2) is 54.7 Å². The van der Waals surface area contributed by atoms with Crippen molar-refractivity contribution in [2.24, 2.45) is 0 Å². The van der Waals surface area contributed by atoms with Gasteiger partial charge in [-0.3, -0.25) is 9.19 Å². The lowest BCUT2D eigenvalue weighted by molar-refractivity contribution is 0.345. The highest BCUT2D eigenvalue weighted by Crippen LogP contribution is 2.28. The van der Waals surface area contributed by atoms with Crippen LogP contribution in [0, 0.1) is 0 Å². The van der Waals surface area contributed by atoms with Crippen molar-refractivity contribution in [1.29, 1.82) is 0 Å². The average Bonchev–Trinajstić information content (AvgIpc) is 3.12. The number of rotatable bonds is 4. The third kappa shape index (κ3) is 4.06. The zero-order chi connectivity index (χ0) is 21.6. The van der Waals surface area contributed by atoms with Gasteiger partial charge in [0.15, 0.2) is 5.58 Å². The molecule has 0 bridgehead atoms. The Balaban J connectivity index is 1.38. The van der Waals surface area contributed by atoms with E-state index in [9.17, 15) is 4.21 Å². The molecule has 0 radical (unpaired) electrons. The highest BCUT2D eigenvalue weighted by Gasteiger charge is 2.22. The molecular formula is C22H24N6O2S. The normalized spacial score (nSPS) is 17.7. The minimum Gasteiger partial charge on any atom is -0.424 e. The molecule has 1 aliphatic heterocycles. The molecule has 1 saturated heterocycles. The molecule has 2 aromatic heterocycles. The average molecular weight is 437 g/mol. The number of hydrogen-bond donors (Lipinski definition) is 2. The first-order valence-electron chi connectivity index (χ1n) is 10.1. The standard InChI is InChI=1S/C22H24N6O2S/c1-31(2,29)28-9-7-16(8-10-28)25-21-13-24-17-5-3-14(11-18(17)26-21)15-4-6-20-19(12-15)27-22(23)30-20/h3-6,11-13,16H,1,7-10H2,2H3,(H2,23,27)(H,25,26). The summed E-state index contributed by atoms with van der Waals surface area (Å²) in [4.78, 5) is 13.5. The van der Waals surface area contributed by atoms with Gasteiger partial charge in [-0.15, -0.1) is 0 Å². The van der Waals surface area contributed by atoms with Gasteiger partial charge >= 0.3 is 0 Å². The summed E-state index contributed by atoms with van der Waals surface area (Å²) < 4.78 is 19.4. The van der Waals surface area contributed by atoms with E-state index in [1.165, 1.54) is 0 Å². The zero-order valence-electron chi connectivity index (χ0n) is 17.2. The Morgan fingerprint density at radius 2 is 1.81 bits per heavy atom. The molecule has 1 fully saturated rings. The molecule has 2 aromatic carbocycles. The quantitative estimate of drug-likeness (QED) is 0.473. The first-order valence-corrected chi connectivity index (χ1v) is 12.2. The van der Waals surface area contributed by atoms with E-state index in [0.29, 0.717) is 5.58 Å². The van der Waals surface area contributed by atoms with Crippen molar-refractivity contribution in [3.8, 4) is 11.1 Å². The molecule has 0 spiro atoms. The summed E-state index contributed by atoms with van der Waals surface area (Å²) in [5.41, 5.74) is 10.7. The van der Waals surface area contributed by atoms with Gasteiger partial charge < -0.3 is 15.5 Å². The third-order valence-electron chi connectivity index (χ3n) is 5.63. The van der Waals surface area contributed by atoms with Crippen molar-refractivity contribution >= 4 is 49.5 Å². The maximum atomic E-state index is 12.1. The van der Waals surface area contributed by atoms with Crippen LogP contribution in [0.4, 0.5) is 11.8 Å². The van der Waals surface area contributed by atoms with Crippen molar-refractivity contribution in [2.75, 3.05) is 30.4 Å². The monoisotopic (exact) mass is 436 g/mol. The van der Waals surface area contributed by atoms with Crippen molar-refractivity contribution in [3.05, 3.63) is 42.6 Å². The molecule has 4 aromatic rings. The van der Waals surface area contributed by atoms with Gasteiger partial charge in [0.2, 0.25) is 0 Å². The van der Waals surface area contributed by atoms with Crippen LogP contribution in [-0.2, 0) is 9.71 Å². The Morgan fingerprint density at radius 3 is 2.55 bits per heavy atom. The minimum absolute atomic E-state index is 0.162. The lowest BCUT2D eigenvalue weighted by atomic mass is 10.0. The number of piperidine rings is 1. The van der Waals surface area contributed by atoms with Crippen LogP contribution in [0.1, 0.15) is 12.8 Å². The number of nitrogen functional groups attached to an aromatic ring is 1. The fourth-order valence-corrected chi connectivity index (χ4v) is 4.96. The number of nitrogens with zero attached hydrogens (tertiary/aromatic N) is 4. The molecule has 5 rings (SSSR count). The second-order valence-corrected chi connectivity index (χ2v) is 10.4. The molecule has 0 amide bonds. The van der Waals surface area contributed by atoms with Gasteiger partial charge in [-0.25, -0.2) is 9.29 Å². The second kappa shape index (κ2) is 7.51. The van der Waals surface area contributed by atoms with Crippen molar-refractivity contribution in [3.63, 3.8) is 0 Å². The van der Waals surface area contributed by atoms with Crippen LogP contribution in [0.25, 0.3) is 33.3 Å². The fraction of sp³-hybridized carbons (Fsp3) is 0.273. The summed E-state index contributed by atoms with van der Waals surface area (Å²) >= 11 is 0. The van der Waals surface area contributed by atoms with E-state index in [4.69, 9.17) is 15.1 Å². The molecule has 9 heteroatoms. The summed E-state index contributed by atoms with van der Waals surface area (Å²) in [5, 5.41) is 3.48. The molecule has 31 heavy (non-hydrogen) atoms. The first-order chi connectivity index (χ1) is 14.8. The third-order valence-corrected chi connectivity index (χ3v) is 7.09. The zero-order valence-corrected chi connectivity index (χ0v) is 18.1. The predicted octanol–water partition coefficient (Wildman–Crippen LogP) is 3.16. The number of anilines is 2. The SMILES string of the molecule is C=S(C)(=O)N1CCC(Nc2cnc3ccc(-c4ccc5oc(N)nc5c4)cc3n2)CC1. The van der Waals surface area contributed by atoms with Crippen molar-refractivity contribution in [1.82, 2.24) is 19.3 Å². The number of aromatic nitrogens is 3. The van der Waals surface area contributed by atoms with Gasteiger partial charge in [-0.2, -0.15) is 4.98 Å². The van der Waals surface area contributed by atoms with E-state index in [2.05, 4.69) is 21.2 Å². The summed E-state index contributed by atoms with van der Waals surface area (Å²) in [6, 6.07) is 12.2. The topological polar surface area (TPSA) is 110 Å². The van der Waals surface area contributed by atoms with Gasteiger partial charge in [0.25, 0.3) is 6.01 Å². The van der Waals surface area contributed by atoms with Gasteiger partial charge in [-0.1, -0.05) is 12.1 Å². The van der Waals surface area contributed by atoms with Gasteiger partial charge in [0.1, 0.15) is 11.3 Å². The van der Waals surface area contributed by atoms with Crippen LogP contribution >= 0.6 is 0 Å². The van der Waals surface area contributed by atoms with E-state index in [-0.39, 0.29) is 12.1 Å². The van der Waals surface area contributed by atoms with Crippen LogP contribution in [0.3, 0.4) is 0 Å². The molecule has 8 nitrogen and oxygen atoms in total. The fourth-order valence-electron chi connectivity index (χ4n) is 3.98. The Labute approximate surface area is 180 Å². The van der Waals surface area contributed by atoms with Crippen LogP contribution in [0.15, 0.2) is 47.0 Å². The number of benzene rings is 2. The molecule has 3 heterocycles. The smallest absolute Gasteiger partial charge is 0.292 e. The maximum Gasteiger partial charge on any atom is 0.292 e. The summed E-state index contributed by atoms with van der Waals surface area (Å²) in [6.45, 7) is 1.52. The molecule has 1 aliphatic rings. The molecule has 3 N–H and O–H groups in total. The first kappa shape index (κ1) is 19.8. The van der Waals surface area contributed by atoms with E-state index < -0.39 is 9.71 Å². The second-order valence-electron chi connectivity index (χ2n) is 8.00. The van der Waals surface area contributed by atoms with E-state index in [0.717, 1.165) is 59.4 Å². The Hall–Kier alpha value is -3.17. The number of fused-ring (bicyclic) bond motifs is 2.